The Bertz CT molecular complexity index is 1210. The lowest BCUT2D eigenvalue weighted by Gasteiger charge is -2.44. The van der Waals surface area contributed by atoms with Crippen LogP contribution in [0.5, 0.6) is 0 Å². The highest BCUT2D eigenvalue weighted by Gasteiger charge is 2.39. The number of nitrogens with one attached hydrogen (secondary N) is 2. The number of piperidine rings is 1. The van der Waals surface area contributed by atoms with E-state index in [4.69, 9.17) is 0 Å². The van der Waals surface area contributed by atoms with Crippen LogP contribution in [0.25, 0.3) is 5.57 Å². The summed E-state index contributed by atoms with van der Waals surface area (Å²) in [6.45, 7) is 26.5. The number of benzene rings is 1. The van der Waals surface area contributed by atoms with Crippen LogP contribution in [0.15, 0.2) is 101 Å². The molecule has 0 spiro atoms. The fourth-order valence-electron chi connectivity index (χ4n) is 5.28. The lowest BCUT2D eigenvalue weighted by Crippen LogP contribution is -2.50. The topological polar surface area (TPSA) is 36.4 Å². The number of aliphatic imine (C=N–C) groups is 1. The van der Waals surface area contributed by atoms with Gasteiger partial charge in [-0.1, -0.05) is 56.9 Å². The molecule has 3 nitrogen and oxygen atoms in total. The summed E-state index contributed by atoms with van der Waals surface area (Å²) in [5.74, 6) is 0.626. The van der Waals surface area contributed by atoms with Gasteiger partial charge in [0.15, 0.2) is 0 Å². The number of halogens is 1. The molecule has 4 heteroatoms. The number of aryl methyl sites for hydroxylation is 1. The molecular formula is C35H48FN3. The summed E-state index contributed by atoms with van der Waals surface area (Å²) in [7, 11) is 0. The van der Waals surface area contributed by atoms with Gasteiger partial charge in [0.05, 0.1) is 12.0 Å². The zero-order chi connectivity index (χ0) is 29.2. The van der Waals surface area contributed by atoms with Crippen molar-refractivity contribution in [1.82, 2.24) is 10.6 Å². The van der Waals surface area contributed by atoms with E-state index >= 15 is 0 Å². The predicted octanol–water partition coefficient (Wildman–Crippen LogP) is 9.03. The molecule has 1 saturated heterocycles. The third-order valence-electron chi connectivity index (χ3n) is 7.84. The van der Waals surface area contributed by atoms with E-state index in [-0.39, 0.29) is 5.41 Å². The summed E-state index contributed by atoms with van der Waals surface area (Å²) >= 11 is 0. The first-order valence-corrected chi connectivity index (χ1v) is 14.0. The molecule has 1 aromatic carbocycles. The van der Waals surface area contributed by atoms with E-state index in [1.807, 2.05) is 45.9 Å². The van der Waals surface area contributed by atoms with E-state index in [2.05, 4.69) is 74.7 Å². The van der Waals surface area contributed by atoms with E-state index in [0.29, 0.717) is 18.3 Å². The minimum atomic E-state index is -0.0551. The van der Waals surface area contributed by atoms with Gasteiger partial charge in [0.2, 0.25) is 0 Å². The van der Waals surface area contributed by atoms with Crippen molar-refractivity contribution < 1.29 is 4.39 Å². The van der Waals surface area contributed by atoms with Crippen molar-refractivity contribution in [3.05, 3.63) is 113 Å². The lowest BCUT2D eigenvalue weighted by atomic mass is 9.67. The highest BCUT2D eigenvalue weighted by Crippen LogP contribution is 2.41. The molecule has 2 unspecified atom stereocenters. The third kappa shape index (κ3) is 8.12. The first-order valence-electron chi connectivity index (χ1n) is 14.0. The van der Waals surface area contributed by atoms with Crippen LogP contribution in [0.1, 0.15) is 78.0 Å². The molecule has 1 heterocycles. The number of hydrogen-bond acceptors (Lipinski definition) is 3. The number of allylic oxidation sites excluding steroid dienone is 8. The lowest BCUT2D eigenvalue weighted by molar-refractivity contribution is 0.254. The Hall–Kier alpha value is -3.24. The second-order valence-corrected chi connectivity index (χ2v) is 10.9. The van der Waals surface area contributed by atoms with Gasteiger partial charge in [0, 0.05) is 35.6 Å². The molecule has 1 aromatic rings. The third-order valence-corrected chi connectivity index (χ3v) is 7.84. The van der Waals surface area contributed by atoms with Gasteiger partial charge in [0.25, 0.3) is 0 Å². The molecule has 0 saturated carbocycles. The molecule has 1 aliphatic heterocycles. The zero-order valence-electron chi connectivity index (χ0n) is 25.3. The standard InChI is InChI=1S/C35H48FN3/c1-11-14-31(15-13-20-36)39-29(10)28(9)34(37-12-2)22-26(7)30-16-17-32(27(8)21-30)35(25(5)6)19-18-33(24(3)4)38-23-35/h11-17,20-22,24,33,38-39H,5,7,18-19,23H2,1-4,6,8-10H3/b14-11-,20-13-,29-28+,31-15+,34-22+,37-12?. The average molecular weight is 530 g/mol. The molecule has 0 radical (unpaired) electrons. The van der Waals surface area contributed by atoms with Gasteiger partial charge >= 0.3 is 0 Å². The smallest absolute Gasteiger partial charge is 0.0867 e. The van der Waals surface area contributed by atoms with Gasteiger partial charge in [-0.3, -0.25) is 4.99 Å². The van der Waals surface area contributed by atoms with Gasteiger partial charge in [-0.15, -0.1) is 0 Å². The molecule has 2 rings (SSSR count). The van der Waals surface area contributed by atoms with Gasteiger partial charge in [-0.2, -0.15) is 0 Å². The second-order valence-electron chi connectivity index (χ2n) is 10.9. The van der Waals surface area contributed by atoms with E-state index in [0.717, 1.165) is 53.2 Å². The maximum Gasteiger partial charge on any atom is 0.0867 e. The minimum absolute atomic E-state index is 0.0551. The fourth-order valence-corrected chi connectivity index (χ4v) is 5.28. The molecule has 0 aliphatic carbocycles. The van der Waals surface area contributed by atoms with Gasteiger partial charge in [-0.05, 0) is 112 Å². The molecule has 1 fully saturated rings. The minimum Gasteiger partial charge on any atom is -0.359 e. The molecule has 2 N–H and O–H groups in total. The Morgan fingerprint density at radius 1 is 1.21 bits per heavy atom. The predicted molar refractivity (Wildman–Crippen MR) is 169 cm³/mol. The highest BCUT2D eigenvalue weighted by molar-refractivity contribution is 5.75. The maximum atomic E-state index is 12.6. The summed E-state index contributed by atoms with van der Waals surface area (Å²) in [4.78, 5) is 4.64. The molecule has 1 aliphatic rings. The number of nitrogens with zero attached hydrogens (tertiary/aromatic N) is 1. The van der Waals surface area contributed by atoms with E-state index in [1.54, 1.807) is 12.3 Å². The van der Waals surface area contributed by atoms with Crippen molar-refractivity contribution in [1.29, 1.82) is 0 Å². The highest BCUT2D eigenvalue weighted by atomic mass is 19.1. The normalized spacial score (nSPS) is 21.7. The van der Waals surface area contributed by atoms with Crippen LogP contribution in [0.3, 0.4) is 0 Å². The Balaban J connectivity index is 2.40. The monoisotopic (exact) mass is 529 g/mol. The number of rotatable bonds is 11. The Morgan fingerprint density at radius 2 is 1.92 bits per heavy atom. The first kappa shape index (κ1) is 32.0. The summed E-state index contributed by atoms with van der Waals surface area (Å²) < 4.78 is 12.6. The van der Waals surface area contributed by atoms with Crippen LogP contribution in [-0.2, 0) is 5.41 Å². The van der Waals surface area contributed by atoms with Crippen molar-refractivity contribution >= 4 is 11.8 Å². The first-order chi connectivity index (χ1) is 18.5. The van der Waals surface area contributed by atoms with Crippen molar-refractivity contribution in [3.63, 3.8) is 0 Å². The van der Waals surface area contributed by atoms with E-state index in [1.165, 1.54) is 22.8 Å². The zero-order valence-corrected chi connectivity index (χ0v) is 25.3. The van der Waals surface area contributed by atoms with Crippen molar-refractivity contribution in [2.75, 3.05) is 6.54 Å². The Morgan fingerprint density at radius 3 is 2.44 bits per heavy atom. The van der Waals surface area contributed by atoms with Crippen molar-refractivity contribution in [2.45, 2.75) is 79.7 Å². The van der Waals surface area contributed by atoms with Crippen molar-refractivity contribution in [2.24, 2.45) is 10.9 Å². The van der Waals surface area contributed by atoms with Crippen LogP contribution >= 0.6 is 0 Å². The molecule has 210 valence electrons. The van der Waals surface area contributed by atoms with Crippen LogP contribution < -0.4 is 10.6 Å². The van der Waals surface area contributed by atoms with Gasteiger partial charge in [0.1, 0.15) is 0 Å². The Labute approximate surface area is 236 Å². The second kappa shape index (κ2) is 14.8. The molecular weight excluding hydrogens is 481 g/mol. The molecule has 0 bridgehead atoms. The largest absolute Gasteiger partial charge is 0.359 e. The maximum absolute atomic E-state index is 12.6. The molecule has 2 atom stereocenters. The molecule has 0 amide bonds. The summed E-state index contributed by atoms with van der Waals surface area (Å²) in [6, 6.07) is 7.23. The number of hydrogen-bond donors (Lipinski definition) is 2. The van der Waals surface area contributed by atoms with E-state index in [9.17, 15) is 4.39 Å². The quantitative estimate of drug-likeness (QED) is 0.170. The summed E-state index contributed by atoms with van der Waals surface area (Å²) in [5, 5.41) is 7.16. The van der Waals surface area contributed by atoms with Crippen molar-refractivity contribution in [3.8, 4) is 0 Å². The van der Waals surface area contributed by atoms with E-state index < -0.39 is 0 Å². The van der Waals surface area contributed by atoms with Gasteiger partial charge < -0.3 is 10.6 Å². The van der Waals surface area contributed by atoms with Crippen LogP contribution in [0, 0.1) is 12.8 Å². The van der Waals surface area contributed by atoms with Crippen LogP contribution in [-0.4, -0.2) is 18.8 Å². The molecule has 39 heavy (non-hydrogen) atoms. The summed E-state index contributed by atoms with van der Waals surface area (Å²) in [6.07, 6.45) is 13.4. The van der Waals surface area contributed by atoms with Crippen LogP contribution in [0.4, 0.5) is 4.39 Å². The fraction of sp³-hybridized carbons (Fsp3) is 0.400. The SMILES string of the molecule is C=C(/C=C(N=CC)\C(C)=C(/C)NC(/C=C\C)=C/C=C\F)c1ccc(C2(C(=C)C)CCC(C(C)C)NC2)c(C)c1. The summed E-state index contributed by atoms with van der Waals surface area (Å²) in [5.41, 5.74) is 9.24. The average Bonchev–Trinajstić information content (AvgIpc) is 2.90. The Kier molecular flexibility index (Phi) is 12.1. The molecule has 0 aromatic heterocycles. The van der Waals surface area contributed by atoms with Gasteiger partial charge in [-0.25, -0.2) is 4.39 Å². The van der Waals surface area contributed by atoms with Crippen LogP contribution in [0.2, 0.25) is 0 Å².